The fourth-order valence-corrected chi connectivity index (χ4v) is 3.52. The number of benzene rings is 2. The molecule has 0 bridgehead atoms. The van der Waals surface area contributed by atoms with Crippen molar-refractivity contribution in [1.29, 1.82) is 0 Å². The van der Waals surface area contributed by atoms with E-state index in [1.54, 1.807) is 13.8 Å². The molecule has 0 N–H and O–H groups in total. The third kappa shape index (κ3) is 2.88. The maximum atomic E-state index is 12.2. The third-order valence-electron chi connectivity index (χ3n) is 4.63. The number of fused-ring (bicyclic) bond motifs is 2. The molecule has 1 heterocycles. The topological polar surface area (TPSA) is 48.7 Å². The summed E-state index contributed by atoms with van der Waals surface area (Å²) in [5, 5.41) is 0.740. The standard InChI is InChI=1S/C21H20O4/c1-3-23-21(22)20-13(2)24-19-9-8-16(12-18(19)20)25-17-10-14-6-4-5-7-15(14)11-17/h4-9,12,17H,3,10-11H2,1-2H3. The Balaban J connectivity index is 1.61. The number of hydrogen-bond donors (Lipinski definition) is 0. The van der Waals surface area contributed by atoms with Crippen LogP contribution < -0.4 is 4.74 Å². The van der Waals surface area contributed by atoms with Gasteiger partial charge in [-0.3, -0.25) is 0 Å². The molecule has 0 radical (unpaired) electrons. The van der Waals surface area contributed by atoms with E-state index in [0.717, 1.165) is 24.0 Å². The van der Waals surface area contributed by atoms with E-state index in [-0.39, 0.29) is 12.1 Å². The molecular formula is C21H20O4. The third-order valence-corrected chi connectivity index (χ3v) is 4.63. The van der Waals surface area contributed by atoms with Crippen LogP contribution in [0.3, 0.4) is 0 Å². The van der Waals surface area contributed by atoms with Crippen molar-refractivity contribution >= 4 is 16.9 Å². The summed E-state index contributed by atoms with van der Waals surface area (Å²) in [5.74, 6) is 0.958. The van der Waals surface area contributed by atoms with Crippen molar-refractivity contribution in [1.82, 2.24) is 0 Å². The van der Waals surface area contributed by atoms with Gasteiger partial charge in [0, 0.05) is 18.2 Å². The predicted molar refractivity (Wildman–Crippen MR) is 95.2 cm³/mol. The van der Waals surface area contributed by atoms with Crippen molar-refractivity contribution in [2.24, 2.45) is 0 Å². The van der Waals surface area contributed by atoms with Crippen LogP contribution in [0.4, 0.5) is 0 Å². The highest BCUT2D eigenvalue weighted by Gasteiger charge is 2.24. The minimum atomic E-state index is -0.357. The Bertz CT molecular complexity index is 913. The van der Waals surface area contributed by atoms with E-state index in [1.807, 2.05) is 18.2 Å². The molecule has 0 atom stereocenters. The lowest BCUT2D eigenvalue weighted by molar-refractivity contribution is 0.0526. The lowest BCUT2D eigenvalue weighted by Gasteiger charge is -2.13. The summed E-state index contributed by atoms with van der Waals surface area (Å²) in [4.78, 5) is 12.2. The summed E-state index contributed by atoms with van der Waals surface area (Å²) in [5.41, 5.74) is 3.85. The molecule has 0 saturated carbocycles. The monoisotopic (exact) mass is 336 g/mol. The summed E-state index contributed by atoms with van der Waals surface area (Å²) in [6.45, 7) is 3.91. The summed E-state index contributed by atoms with van der Waals surface area (Å²) < 4.78 is 17.0. The molecule has 4 heteroatoms. The summed E-state index contributed by atoms with van der Waals surface area (Å²) in [6.07, 6.45) is 1.93. The Labute approximate surface area is 146 Å². The molecule has 1 aliphatic carbocycles. The molecule has 0 aliphatic heterocycles. The Kier molecular flexibility index (Phi) is 3.96. The summed E-state index contributed by atoms with van der Waals surface area (Å²) in [6, 6.07) is 14.0. The van der Waals surface area contributed by atoms with Gasteiger partial charge in [-0.1, -0.05) is 24.3 Å². The molecule has 4 rings (SSSR count). The number of carbonyl (C=O) groups excluding carboxylic acids is 1. The normalized spacial score (nSPS) is 13.8. The van der Waals surface area contributed by atoms with E-state index >= 15 is 0 Å². The second-order valence-electron chi connectivity index (χ2n) is 6.33. The van der Waals surface area contributed by atoms with E-state index in [1.165, 1.54) is 11.1 Å². The van der Waals surface area contributed by atoms with Gasteiger partial charge in [0.2, 0.25) is 0 Å². The maximum Gasteiger partial charge on any atom is 0.342 e. The first kappa shape index (κ1) is 15.8. The molecule has 3 aromatic rings. The lowest BCUT2D eigenvalue weighted by Crippen LogP contribution is -2.16. The fourth-order valence-electron chi connectivity index (χ4n) is 3.52. The smallest absolute Gasteiger partial charge is 0.342 e. The second-order valence-corrected chi connectivity index (χ2v) is 6.33. The van der Waals surface area contributed by atoms with Gasteiger partial charge in [0.1, 0.15) is 28.8 Å². The van der Waals surface area contributed by atoms with E-state index in [4.69, 9.17) is 13.9 Å². The fraction of sp³-hybridized carbons (Fsp3) is 0.286. The number of rotatable bonds is 4. The molecule has 0 unspecified atom stereocenters. The molecule has 0 saturated heterocycles. The Morgan fingerprint density at radius 1 is 1.16 bits per heavy atom. The van der Waals surface area contributed by atoms with Gasteiger partial charge in [0.15, 0.2) is 0 Å². The van der Waals surface area contributed by atoms with Gasteiger partial charge in [-0.15, -0.1) is 0 Å². The average molecular weight is 336 g/mol. The van der Waals surface area contributed by atoms with Crippen molar-refractivity contribution in [3.63, 3.8) is 0 Å². The van der Waals surface area contributed by atoms with Crippen LogP contribution >= 0.6 is 0 Å². The lowest BCUT2D eigenvalue weighted by atomic mass is 10.1. The minimum absolute atomic E-state index is 0.119. The van der Waals surface area contributed by atoms with Gasteiger partial charge in [0.05, 0.1) is 6.61 Å². The van der Waals surface area contributed by atoms with Gasteiger partial charge in [0.25, 0.3) is 0 Å². The molecule has 25 heavy (non-hydrogen) atoms. The number of hydrogen-bond acceptors (Lipinski definition) is 4. The van der Waals surface area contributed by atoms with Gasteiger partial charge >= 0.3 is 5.97 Å². The number of aryl methyl sites for hydroxylation is 1. The first-order valence-corrected chi connectivity index (χ1v) is 8.59. The molecule has 1 aliphatic rings. The average Bonchev–Trinajstić information content (AvgIpc) is 3.14. The number of ether oxygens (including phenoxy) is 2. The van der Waals surface area contributed by atoms with E-state index in [9.17, 15) is 4.79 Å². The van der Waals surface area contributed by atoms with Gasteiger partial charge in [-0.2, -0.15) is 0 Å². The molecule has 128 valence electrons. The van der Waals surface area contributed by atoms with Crippen LogP contribution in [0.2, 0.25) is 0 Å². The first-order valence-electron chi connectivity index (χ1n) is 8.59. The van der Waals surface area contributed by atoms with Crippen molar-refractivity contribution in [3.8, 4) is 5.75 Å². The largest absolute Gasteiger partial charge is 0.490 e. The van der Waals surface area contributed by atoms with E-state index in [2.05, 4.69) is 24.3 Å². The second kappa shape index (κ2) is 6.28. The molecule has 1 aromatic heterocycles. The molecule has 0 amide bonds. The highest BCUT2D eigenvalue weighted by Crippen LogP contribution is 2.32. The first-order chi connectivity index (χ1) is 12.2. The Morgan fingerprint density at radius 3 is 2.56 bits per heavy atom. The van der Waals surface area contributed by atoms with Crippen LogP contribution in [0, 0.1) is 6.92 Å². The molecule has 2 aromatic carbocycles. The quantitative estimate of drug-likeness (QED) is 0.660. The van der Waals surface area contributed by atoms with Crippen molar-refractivity contribution in [3.05, 3.63) is 64.9 Å². The summed E-state index contributed by atoms with van der Waals surface area (Å²) in [7, 11) is 0. The van der Waals surface area contributed by atoms with Crippen LogP contribution in [-0.4, -0.2) is 18.7 Å². The molecule has 0 spiro atoms. The van der Waals surface area contributed by atoms with Crippen LogP contribution in [0.15, 0.2) is 46.9 Å². The maximum absolute atomic E-state index is 12.2. The van der Waals surface area contributed by atoms with Crippen LogP contribution in [0.25, 0.3) is 11.0 Å². The van der Waals surface area contributed by atoms with E-state index in [0.29, 0.717) is 23.5 Å². The Morgan fingerprint density at radius 2 is 1.88 bits per heavy atom. The predicted octanol–water partition coefficient (Wildman–Crippen LogP) is 4.46. The minimum Gasteiger partial charge on any atom is -0.490 e. The van der Waals surface area contributed by atoms with Gasteiger partial charge in [-0.05, 0) is 43.2 Å². The van der Waals surface area contributed by atoms with Crippen LogP contribution in [0.5, 0.6) is 5.75 Å². The highest BCUT2D eigenvalue weighted by molar-refractivity contribution is 6.04. The molecule has 4 nitrogen and oxygen atoms in total. The highest BCUT2D eigenvalue weighted by atomic mass is 16.5. The Hall–Kier alpha value is -2.75. The number of carbonyl (C=O) groups is 1. The zero-order valence-electron chi connectivity index (χ0n) is 14.4. The van der Waals surface area contributed by atoms with Gasteiger partial charge in [-0.25, -0.2) is 4.79 Å². The number of esters is 1. The zero-order chi connectivity index (χ0) is 17.4. The van der Waals surface area contributed by atoms with Crippen molar-refractivity contribution < 1.29 is 18.7 Å². The zero-order valence-corrected chi connectivity index (χ0v) is 14.4. The van der Waals surface area contributed by atoms with E-state index < -0.39 is 0 Å². The van der Waals surface area contributed by atoms with Gasteiger partial charge < -0.3 is 13.9 Å². The van der Waals surface area contributed by atoms with Crippen LogP contribution in [0.1, 0.15) is 34.2 Å². The van der Waals surface area contributed by atoms with Crippen molar-refractivity contribution in [2.45, 2.75) is 32.8 Å². The SMILES string of the molecule is CCOC(=O)c1c(C)oc2ccc(OC3Cc4ccccc4C3)cc12. The number of furan rings is 1. The van der Waals surface area contributed by atoms with Crippen LogP contribution in [-0.2, 0) is 17.6 Å². The molecule has 0 fully saturated rings. The summed E-state index contributed by atoms with van der Waals surface area (Å²) >= 11 is 0. The van der Waals surface area contributed by atoms with Crippen molar-refractivity contribution in [2.75, 3.05) is 6.61 Å². The molecular weight excluding hydrogens is 316 g/mol.